The third-order valence-electron chi connectivity index (χ3n) is 7.75. The van der Waals surface area contributed by atoms with Crippen LogP contribution < -0.4 is 4.90 Å². The van der Waals surface area contributed by atoms with E-state index in [-0.39, 0.29) is 24.3 Å². The van der Waals surface area contributed by atoms with Crippen LogP contribution in [0.2, 0.25) is 0 Å². The van der Waals surface area contributed by atoms with Crippen molar-refractivity contribution in [2.24, 2.45) is 5.92 Å². The van der Waals surface area contributed by atoms with Gasteiger partial charge >= 0.3 is 6.09 Å². The molecule has 1 amide bonds. The molecule has 3 aromatic carbocycles. The van der Waals surface area contributed by atoms with Crippen LogP contribution in [0.5, 0.6) is 0 Å². The van der Waals surface area contributed by atoms with Gasteiger partial charge in [-0.1, -0.05) is 18.2 Å². The molecule has 0 N–H and O–H groups in total. The number of benzene rings is 3. The zero-order valence-corrected chi connectivity index (χ0v) is 22.0. The first kappa shape index (κ1) is 26.6. The second-order valence-corrected chi connectivity index (χ2v) is 11.5. The van der Waals surface area contributed by atoms with Gasteiger partial charge in [0.2, 0.25) is 0 Å². The molecule has 0 aromatic heterocycles. The molecule has 0 radical (unpaired) electrons. The summed E-state index contributed by atoms with van der Waals surface area (Å²) < 4.78 is 47.7. The molecule has 0 saturated carbocycles. The molecule has 0 spiro atoms. The molecule has 8 heteroatoms. The standard InChI is InChI=1S/C30H32F3N2O2S/c31-24-7-5-22(6-8-24)20-34(27-4-1-3-26(33)19-27)30(36)37-29-21-35(16-13-23(29)14-17-35)15-2-18-38-28-11-9-25(32)10-12-28/h1,3-12,19,23,29H,2,13-18,20-21H2/q+1/t23?,29-,35?/m0/s1. The van der Waals surface area contributed by atoms with E-state index in [9.17, 15) is 18.0 Å². The van der Waals surface area contributed by atoms with Crippen molar-refractivity contribution in [2.45, 2.75) is 36.8 Å². The van der Waals surface area contributed by atoms with Gasteiger partial charge in [0.05, 0.1) is 31.9 Å². The van der Waals surface area contributed by atoms with Crippen molar-refractivity contribution in [1.82, 2.24) is 0 Å². The molecule has 3 heterocycles. The maximum Gasteiger partial charge on any atom is 0.415 e. The molecular weight excluding hydrogens is 509 g/mol. The van der Waals surface area contributed by atoms with E-state index >= 15 is 0 Å². The maximum atomic E-state index is 14.0. The summed E-state index contributed by atoms with van der Waals surface area (Å²) >= 11 is 1.73. The summed E-state index contributed by atoms with van der Waals surface area (Å²) in [4.78, 5) is 16.0. The van der Waals surface area contributed by atoms with Gasteiger partial charge in [0.1, 0.15) is 24.0 Å². The Morgan fingerprint density at radius 2 is 1.61 bits per heavy atom. The lowest BCUT2D eigenvalue weighted by molar-refractivity contribution is -0.946. The lowest BCUT2D eigenvalue weighted by atomic mass is 9.83. The van der Waals surface area contributed by atoms with E-state index in [0.717, 1.165) is 66.1 Å². The van der Waals surface area contributed by atoms with Gasteiger partial charge in [-0.25, -0.2) is 18.0 Å². The molecule has 3 aliphatic rings. The maximum absolute atomic E-state index is 14.0. The van der Waals surface area contributed by atoms with Crippen molar-refractivity contribution < 1.29 is 27.2 Å². The summed E-state index contributed by atoms with van der Waals surface area (Å²) in [5.74, 6) is 0.256. The molecule has 200 valence electrons. The third-order valence-corrected chi connectivity index (χ3v) is 8.85. The van der Waals surface area contributed by atoms with Crippen LogP contribution in [0.4, 0.5) is 23.7 Å². The minimum absolute atomic E-state index is 0.153. The van der Waals surface area contributed by atoms with E-state index < -0.39 is 11.9 Å². The van der Waals surface area contributed by atoms with E-state index in [1.54, 1.807) is 36.0 Å². The highest BCUT2D eigenvalue weighted by Gasteiger charge is 2.47. The highest BCUT2D eigenvalue weighted by molar-refractivity contribution is 7.99. The summed E-state index contributed by atoms with van der Waals surface area (Å²) in [6.45, 7) is 4.12. The van der Waals surface area contributed by atoms with Crippen molar-refractivity contribution >= 4 is 23.5 Å². The van der Waals surface area contributed by atoms with Crippen LogP contribution in [0.15, 0.2) is 77.7 Å². The van der Waals surface area contributed by atoms with Gasteiger partial charge < -0.3 is 9.22 Å². The minimum atomic E-state index is -0.510. The fraction of sp³-hybridized carbons (Fsp3) is 0.367. The van der Waals surface area contributed by atoms with Crippen LogP contribution in [0.3, 0.4) is 0 Å². The number of amides is 1. The van der Waals surface area contributed by atoms with E-state index in [1.807, 2.05) is 12.1 Å². The van der Waals surface area contributed by atoms with E-state index in [1.165, 1.54) is 41.3 Å². The van der Waals surface area contributed by atoms with Gasteiger partial charge in [0.25, 0.3) is 0 Å². The monoisotopic (exact) mass is 541 g/mol. The van der Waals surface area contributed by atoms with Gasteiger partial charge in [-0.3, -0.25) is 4.90 Å². The van der Waals surface area contributed by atoms with E-state index in [2.05, 4.69) is 0 Å². The molecule has 3 fully saturated rings. The number of anilines is 1. The lowest BCUT2D eigenvalue weighted by Crippen LogP contribution is -2.65. The molecule has 3 aliphatic heterocycles. The predicted molar refractivity (Wildman–Crippen MR) is 143 cm³/mol. The van der Waals surface area contributed by atoms with Crippen LogP contribution in [0.25, 0.3) is 0 Å². The van der Waals surface area contributed by atoms with E-state index in [0.29, 0.717) is 11.6 Å². The normalized spacial score (nSPS) is 22.3. The number of ether oxygens (including phenoxy) is 1. The van der Waals surface area contributed by atoms with E-state index in [4.69, 9.17) is 4.74 Å². The van der Waals surface area contributed by atoms with Crippen molar-refractivity contribution in [3.05, 3.63) is 95.8 Å². The van der Waals surface area contributed by atoms with Gasteiger partial charge in [0.15, 0.2) is 6.10 Å². The van der Waals surface area contributed by atoms with Crippen molar-refractivity contribution in [3.8, 4) is 0 Å². The quantitative estimate of drug-likeness (QED) is 0.165. The number of carbonyl (C=O) groups excluding carboxylic acids is 1. The summed E-state index contributed by atoms with van der Waals surface area (Å²) in [7, 11) is 0. The SMILES string of the molecule is O=C(O[C@H]1C[N+]2(CCCSc3ccc(F)cc3)CCC1CC2)N(Cc1ccc(F)cc1)c1cccc(F)c1. The Morgan fingerprint density at radius 3 is 2.29 bits per heavy atom. The number of hydrogen-bond acceptors (Lipinski definition) is 3. The minimum Gasteiger partial charge on any atom is -0.440 e. The Hall–Kier alpha value is -2.97. The highest BCUT2D eigenvalue weighted by Crippen LogP contribution is 2.37. The Kier molecular flexibility index (Phi) is 8.29. The van der Waals surface area contributed by atoms with Crippen molar-refractivity contribution in [2.75, 3.05) is 36.8 Å². The van der Waals surface area contributed by atoms with Crippen LogP contribution in [0.1, 0.15) is 24.8 Å². The third kappa shape index (κ3) is 6.53. The lowest BCUT2D eigenvalue weighted by Gasteiger charge is -2.52. The smallest absolute Gasteiger partial charge is 0.415 e. The van der Waals surface area contributed by atoms with Crippen molar-refractivity contribution in [3.63, 3.8) is 0 Å². The molecule has 0 unspecified atom stereocenters. The van der Waals surface area contributed by atoms with Gasteiger partial charge in [-0.05, 0) is 60.2 Å². The fourth-order valence-corrected chi connectivity index (χ4v) is 6.50. The summed E-state index contributed by atoms with van der Waals surface area (Å²) in [5.41, 5.74) is 1.13. The highest BCUT2D eigenvalue weighted by atomic mass is 32.2. The first-order chi connectivity index (χ1) is 18.4. The van der Waals surface area contributed by atoms with Crippen LogP contribution in [-0.4, -0.2) is 48.6 Å². The molecule has 6 rings (SSSR count). The zero-order chi connectivity index (χ0) is 26.5. The summed E-state index contributed by atoms with van der Waals surface area (Å²) in [6, 6.07) is 18.4. The molecule has 38 heavy (non-hydrogen) atoms. The number of thioether (sulfide) groups is 1. The molecule has 1 atom stereocenters. The largest absolute Gasteiger partial charge is 0.440 e. The molecule has 2 bridgehead atoms. The molecule has 3 aromatic rings. The van der Waals surface area contributed by atoms with Crippen LogP contribution in [-0.2, 0) is 11.3 Å². The zero-order valence-electron chi connectivity index (χ0n) is 21.2. The number of fused-ring (bicyclic) bond motifs is 3. The molecule has 0 aliphatic carbocycles. The van der Waals surface area contributed by atoms with Gasteiger partial charge in [-0.2, -0.15) is 0 Å². The Bertz CT molecular complexity index is 1230. The average Bonchev–Trinajstić information content (AvgIpc) is 2.92. The first-order valence-corrected chi connectivity index (χ1v) is 14.1. The Balaban J connectivity index is 1.22. The Morgan fingerprint density at radius 1 is 0.921 bits per heavy atom. The first-order valence-electron chi connectivity index (χ1n) is 13.1. The number of nitrogens with zero attached hydrogens (tertiary/aromatic N) is 2. The number of halogens is 3. The topological polar surface area (TPSA) is 29.5 Å². The summed E-state index contributed by atoms with van der Waals surface area (Å²) in [5, 5.41) is 0. The average molecular weight is 542 g/mol. The van der Waals surface area contributed by atoms with Gasteiger partial charge in [0, 0.05) is 35.8 Å². The number of rotatable bonds is 9. The van der Waals surface area contributed by atoms with Crippen LogP contribution >= 0.6 is 11.8 Å². The fourth-order valence-electron chi connectivity index (χ4n) is 5.66. The van der Waals surface area contributed by atoms with Crippen molar-refractivity contribution in [1.29, 1.82) is 0 Å². The number of carbonyl (C=O) groups is 1. The number of hydrogen-bond donors (Lipinski definition) is 0. The molecule has 4 nitrogen and oxygen atoms in total. The van der Waals surface area contributed by atoms with Crippen LogP contribution in [0, 0.1) is 23.4 Å². The second-order valence-electron chi connectivity index (χ2n) is 10.3. The Labute approximate surface area is 226 Å². The molecular formula is C30H32F3N2O2S+. The predicted octanol–water partition coefficient (Wildman–Crippen LogP) is 7.04. The number of piperidine rings is 3. The molecule has 3 saturated heterocycles. The van der Waals surface area contributed by atoms with Gasteiger partial charge in [-0.15, -0.1) is 11.8 Å². The number of quaternary nitrogens is 1. The second kappa shape index (κ2) is 11.8. The summed E-state index contributed by atoms with van der Waals surface area (Å²) in [6.07, 6.45) is 2.35.